The Balaban J connectivity index is 0.000000463. The summed E-state index contributed by atoms with van der Waals surface area (Å²) in [6, 6.07) is 6.99. The van der Waals surface area contributed by atoms with Crippen LogP contribution in [-0.4, -0.2) is 16.2 Å². The van der Waals surface area contributed by atoms with E-state index in [4.69, 9.17) is 10.2 Å². The summed E-state index contributed by atoms with van der Waals surface area (Å²) in [7, 11) is 0. The Morgan fingerprint density at radius 2 is 1.46 bits per heavy atom. The van der Waals surface area contributed by atoms with Crippen molar-refractivity contribution in [1.82, 2.24) is 0 Å². The van der Waals surface area contributed by atoms with Crippen LogP contribution in [0.1, 0.15) is 76.7 Å². The van der Waals surface area contributed by atoms with Gasteiger partial charge in [0.1, 0.15) is 5.75 Å². The third-order valence-corrected chi connectivity index (χ3v) is 3.91. The molecule has 1 aromatic carbocycles. The Morgan fingerprint density at radius 1 is 0.958 bits per heavy atom. The molecule has 0 aliphatic rings. The molecule has 0 fully saturated rings. The zero-order chi connectivity index (χ0) is 18.0. The second kappa shape index (κ2) is 16.6. The number of phenols is 1. The smallest absolute Gasteiger partial charge is 0.303 e. The zero-order valence-corrected chi connectivity index (χ0v) is 16.3. The highest BCUT2D eigenvalue weighted by Gasteiger charge is 1.96. The predicted octanol–water partition coefficient (Wildman–Crippen LogP) is 6.75. The lowest BCUT2D eigenvalue weighted by Gasteiger charge is -2.00. The first-order chi connectivity index (χ1) is 11.6. The number of carboxylic acid groups (broad SMARTS) is 1. The Kier molecular flexibility index (Phi) is 15.7. The third kappa shape index (κ3) is 15.6. The van der Waals surface area contributed by atoms with E-state index in [1.54, 1.807) is 17.1 Å². The lowest BCUT2D eigenvalue weighted by Crippen LogP contribution is -1.93. The maximum Gasteiger partial charge on any atom is 0.303 e. The van der Waals surface area contributed by atoms with Gasteiger partial charge < -0.3 is 10.2 Å². The van der Waals surface area contributed by atoms with Gasteiger partial charge in [-0.15, -0.1) is 0 Å². The molecule has 0 aromatic heterocycles. The number of hydrogen-bond donors (Lipinski definition) is 2. The highest BCUT2D eigenvalue weighted by Crippen LogP contribution is 2.11. The van der Waals surface area contributed by atoms with Crippen molar-refractivity contribution in [3.63, 3.8) is 0 Å². The molecule has 1 rings (SSSR count). The number of hydrogen-bond acceptors (Lipinski definition) is 2. The Bertz CT molecular complexity index is 441. The molecule has 0 saturated carbocycles. The van der Waals surface area contributed by atoms with Crippen molar-refractivity contribution in [2.45, 2.75) is 71.1 Å². The number of rotatable bonds is 11. The molecule has 0 heterocycles. The second-order valence-electron chi connectivity index (χ2n) is 5.86. The normalized spacial score (nSPS) is 10.4. The average molecular weight is 399 g/mol. The molecule has 0 aliphatic carbocycles. The molecule has 0 saturated heterocycles. The van der Waals surface area contributed by atoms with E-state index in [2.05, 4.69) is 22.9 Å². The SMILES string of the molecule is CCCCCCCCCCCC(=O)O.Oc1ccc(C=CBr)cc1. The maximum atomic E-state index is 10.2. The highest BCUT2D eigenvalue weighted by molar-refractivity contribution is 9.11. The molecule has 0 aliphatic heterocycles. The first kappa shape index (κ1) is 22.7. The van der Waals surface area contributed by atoms with Gasteiger partial charge in [0, 0.05) is 6.42 Å². The summed E-state index contributed by atoms with van der Waals surface area (Å²) in [6.45, 7) is 2.23. The van der Waals surface area contributed by atoms with E-state index in [0.717, 1.165) is 18.4 Å². The number of carbonyl (C=O) groups is 1. The van der Waals surface area contributed by atoms with Crippen LogP contribution in [0.5, 0.6) is 5.75 Å². The minimum atomic E-state index is -0.659. The largest absolute Gasteiger partial charge is 0.508 e. The molecule has 24 heavy (non-hydrogen) atoms. The number of benzene rings is 1. The van der Waals surface area contributed by atoms with Crippen LogP contribution in [0.15, 0.2) is 29.3 Å². The fourth-order valence-electron chi connectivity index (χ4n) is 2.25. The summed E-state index contributed by atoms with van der Waals surface area (Å²) in [6.07, 6.45) is 13.4. The molecule has 0 radical (unpaired) electrons. The van der Waals surface area contributed by atoms with Crippen molar-refractivity contribution in [3.05, 3.63) is 34.8 Å². The molecule has 0 spiro atoms. The van der Waals surface area contributed by atoms with E-state index in [1.807, 2.05) is 18.2 Å². The fourth-order valence-corrected chi connectivity index (χ4v) is 2.55. The van der Waals surface area contributed by atoms with Gasteiger partial charge in [-0.3, -0.25) is 4.79 Å². The molecular weight excluding hydrogens is 368 g/mol. The standard InChI is InChI=1S/C12H24O2.C8H7BrO/c1-2-3-4-5-6-7-8-9-10-11-12(13)14;9-6-5-7-1-3-8(10)4-2-7/h2-11H2,1H3,(H,13,14);1-6,10H. The lowest BCUT2D eigenvalue weighted by molar-refractivity contribution is -0.137. The molecule has 0 atom stereocenters. The Hall–Kier alpha value is -1.29. The van der Waals surface area contributed by atoms with E-state index < -0.39 is 5.97 Å². The summed E-state index contributed by atoms with van der Waals surface area (Å²) in [5.74, 6) is -0.361. The van der Waals surface area contributed by atoms with Gasteiger partial charge in [-0.25, -0.2) is 0 Å². The number of halogens is 1. The molecule has 0 bridgehead atoms. The molecule has 1 aromatic rings. The third-order valence-electron chi connectivity index (χ3n) is 3.64. The maximum absolute atomic E-state index is 10.2. The predicted molar refractivity (Wildman–Crippen MR) is 106 cm³/mol. The highest BCUT2D eigenvalue weighted by atomic mass is 79.9. The second-order valence-corrected chi connectivity index (χ2v) is 6.39. The fraction of sp³-hybridized carbons (Fsp3) is 0.550. The minimum absolute atomic E-state index is 0.298. The first-order valence-electron chi connectivity index (χ1n) is 8.87. The summed E-state index contributed by atoms with van der Waals surface area (Å²) in [4.78, 5) is 12.0. The van der Waals surface area contributed by atoms with E-state index in [-0.39, 0.29) is 0 Å². The van der Waals surface area contributed by atoms with Crippen molar-refractivity contribution in [3.8, 4) is 5.75 Å². The van der Waals surface area contributed by atoms with Crippen molar-refractivity contribution < 1.29 is 15.0 Å². The van der Waals surface area contributed by atoms with Crippen molar-refractivity contribution in [2.24, 2.45) is 0 Å². The minimum Gasteiger partial charge on any atom is -0.508 e. The van der Waals surface area contributed by atoms with Crippen molar-refractivity contribution >= 4 is 28.0 Å². The monoisotopic (exact) mass is 398 g/mol. The van der Waals surface area contributed by atoms with Gasteiger partial charge in [0.15, 0.2) is 0 Å². The number of unbranched alkanes of at least 4 members (excludes halogenated alkanes) is 8. The van der Waals surface area contributed by atoms with Gasteiger partial charge in [-0.05, 0) is 35.2 Å². The summed E-state index contributed by atoms with van der Waals surface area (Å²) in [5, 5.41) is 17.3. The van der Waals surface area contributed by atoms with Crippen LogP contribution in [0.3, 0.4) is 0 Å². The lowest BCUT2D eigenvalue weighted by atomic mass is 10.1. The Labute approximate surface area is 154 Å². The van der Waals surface area contributed by atoms with Crippen molar-refractivity contribution in [2.75, 3.05) is 0 Å². The average Bonchev–Trinajstić information content (AvgIpc) is 2.56. The summed E-state index contributed by atoms with van der Waals surface area (Å²) >= 11 is 3.16. The van der Waals surface area contributed by atoms with Gasteiger partial charge in [0.2, 0.25) is 0 Å². The molecule has 2 N–H and O–H groups in total. The van der Waals surface area contributed by atoms with Crippen LogP contribution in [0.4, 0.5) is 0 Å². The topological polar surface area (TPSA) is 57.5 Å². The molecule has 0 amide bonds. The number of aromatic hydroxyl groups is 1. The van der Waals surface area contributed by atoms with E-state index in [1.165, 1.54) is 44.9 Å². The van der Waals surface area contributed by atoms with E-state index in [0.29, 0.717) is 12.2 Å². The van der Waals surface area contributed by atoms with Gasteiger partial charge in [-0.1, -0.05) is 86.4 Å². The summed E-state index contributed by atoms with van der Waals surface area (Å²) < 4.78 is 0. The molecular formula is C20H31BrO3. The van der Waals surface area contributed by atoms with Crippen LogP contribution < -0.4 is 0 Å². The molecule has 0 unspecified atom stereocenters. The van der Waals surface area contributed by atoms with Gasteiger partial charge in [0.05, 0.1) is 0 Å². The zero-order valence-electron chi connectivity index (χ0n) is 14.7. The van der Waals surface area contributed by atoms with Crippen LogP contribution in [0.25, 0.3) is 6.08 Å². The number of carboxylic acids is 1. The van der Waals surface area contributed by atoms with Crippen LogP contribution in [-0.2, 0) is 4.79 Å². The van der Waals surface area contributed by atoms with Gasteiger partial charge in [-0.2, -0.15) is 0 Å². The first-order valence-corrected chi connectivity index (χ1v) is 9.79. The van der Waals surface area contributed by atoms with E-state index in [9.17, 15) is 4.79 Å². The quantitative estimate of drug-likeness (QED) is 0.405. The van der Waals surface area contributed by atoms with Gasteiger partial charge in [0.25, 0.3) is 0 Å². The number of phenolic OH excluding ortho intramolecular Hbond substituents is 1. The van der Waals surface area contributed by atoms with Crippen LogP contribution >= 0.6 is 15.9 Å². The van der Waals surface area contributed by atoms with Crippen LogP contribution in [0, 0.1) is 0 Å². The molecule has 4 heteroatoms. The molecule has 136 valence electrons. The summed E-state index contributed by atoms with van der Waals surface area (Å²) in [5.41, 5.74) is 1.06. The van der Waals surface area contributed by atoms with Crippen molar-refractivity contribution in [1.29, 1.82) is 0 Å². The Morgan fingerprint density at radius 3 is 1.92 bits per heavy atom. The molecule has 3 nitrogen and oxygen atoms in total. The van der Waals surface area contributed by atoms with Gasteiger partial charge >= 0.3 is 5.97 Å². The van der Waals surface area contributed by atoms with Crippen LogP contribution in [0.2, 0.25) is 0 Å². The van der Waals surface area contributed by atoms with E-state index >= 15 is 0 Å². The number of aliphatic carboxylic acids is 1.